The molecule has 0 aromatic carbocycles. The predicted molar refractivity (Wildman–Crippen MR) is 50.0 cm³/mol. The molecule has 0 radical (unpaired) electrons. The van der Waals surface area contributed by atoms with Crippen LogP contribution < -0.4 is 0 Å². The van der Waals surface area contributed by atoms with E-state index in [1.807, 2.05) is 13.8 Å². The second-order valence-corrected chi connectivity index (χ2v) is 4.53. The lowest BCUT2D eigenvalue weighted by molar-refractivity contribution is 0.386. The first kappa shape index (κ1) is 11.9. The Morgan fingerprint density at radius 1 is 1.33 bits per heavy atom. The smallest absolute Gasteiger partial charge is 0.321 e. The minimum absolute atomic E-state index is 0.114. The van der Waals surface area contributed by atoms with Crippen LogP contribution in [0, 0.1) is 0 Å². The maximum Gasteiger partial charge on any atom is 0.350 e. The Labute approximate surface area is 76.9 Å². The van der Waals surface area contributed by atoms with E-state index in [-0.39, 0.29) is 5.03 Å². The lowest BCUT2D eigenvalue weighted by atomic mass is 10.2. The van der Waals surface area contributed by atoms with Crippen molar-refractivity contribution in [2.45, 2.75) is 20.8 Å². The average Bonchev–Trinajstić information content (AvgIpc) is 1.82. The summed E-state index contributed by atoms with van der Waals surface area (Å²) < 4.78 is 10.5. The van der Waals surface area contributed by atoms with Crippen LogP contribution in [-0.2, 0) is 4.57 Å². The van der Waals surface area contributed by atoms with Crippen molar-refractivity contribution >= 4 is 19.2 Å². The standard InChI is InChI=1S/C7H12ClO3P/c1-5(2)6(3)7(8)4-12(9,10)11/h4H,1-3H3,(H2,9,10,11)/b7-4-. The van der Waals surface area contributed by atoms with Crippen LogP contribution in [0.2, 0.25) is 0 Å². The van der Waals surface area contributed by atoms with Crippen molar-refractivity contribution in [2.75, 3.05) is 0 Å². The summed E-state index contributed by atoms with van der Waals surface area (Å²) in [6, 6.07) is 0. The first-order chi connectivity index (χ1) is 5.24. The number of hydrogen-bond donors (Lipinski definition) is 2. The molecule has 0 aliphatic carbocycles. The Morgan fingerprint density at radius 3 is 2.00 bits per heavy atom. The molecule has 0 heterocycles. The quantitative estimate of drug-likeness (QED) is 0.544. The van der Waals surface area contributed by atoms with Crippen LogP contribution >= 0.6 is 19.2 Å². The molecular weight excluding hydrogens is 199 g/mol. The Hall–Kier alpha value is -0.0800. The van der Waals surface area contributed by atoms with Gasteiger partial charge >= 0.3 is 7.60 Å². The van der Waals surface area contributed by atoms with E-state index >= 15 is 0 Å². The summed E-state index contributed by atoms with van der Waals surface area (Å²) in [5.41, 5.74) is 1.63. The lowest BCUT2D eigenvalue weighted by Crippen LogP contribution is -1.81. The van der Waals surface area contributed by atoms with E-state index in [0.29, 0.717) is 5.57 Å². The van der Waals surface area contributed by atoms with E-state index in [1.165, 1.54) is 0 Å². The molecule has 0 bridgehead atoms. The second-order valence-electron chi connectivity index (χ2n) is 2.69. The van der Waals surface area contributed by atoms with Gasteiger partial charge in [-0.25, -0.2) is 0 Å². The van der Waals surface area contributed by atoms with Crippen LogP contribution in [0.3, 0.4) is 0 Å². The molecule has 0 atom stereocenters. The van der Waals surface area contributed by atoms with E-state index in [1.54, 1.807) is 6.92 Å². The van der Waals surface area contributed by atoms with Crippen LogP contribution in [0.25, 0.3) is 0 Å². The van der Waals surface area contributed by atoms with Gasteiger partial charge in [-0.05, 0) is 26.3 Å². The summed E-state index contributed by atoms with van der Waals surface area (Å²) in [4.78, 5) is 17.1. The van der Waals surface area contributed by atoms with Crippen molar-refractivity contribution in [1.29, 1.82) is 0 Å². The summed E-state index contributed by atoms with van der Waals surface area (Å²) in [5, 5.41) is 0.114. The molecule has 0 amide bonds. The fourth-order valence-electron chi connectivity index (χ4n) is 0.483. The van der Waals surface area contributed by atoms with E-state index in [2.05, 4.69) is 0 Å². The molecular formula is C7H12ClO3P. The highest BCUT2D eigenvalue weighted by Gasteiger charge is 2.10. The summed E-state index contributed by atoms with van der Waals surface area (Å²) in [6.07, 6.45) is 0. The molecule has 5 heteroatoms. The second kappa shape index (κ2) is 4.24. The van der Waals surface area contributed by atoms with Crippen LogP contribution in [0.1, 0.15) is 20.8 Å². The largest absolute Gasteiger partial charge is 0.350 e. The Bertz CT molecular complexity index is 270. The summed E-state index contributed by atoms with van der Waals surface area (Å²) in [7, 11) is -4.14. The number of allylic oxidation sites excluding steroid dienone is 3. The van der Waals surface area contributed by atoms with Crippen molar-refractivity contribution in [1.82, 2.24) is 0 Å². The third-order valence-electron chi connectivity index (χ3n) is 1.39. The van der Waals surface area contributed by atoms with Crippen LogP contribution in [0.5, 0.6) is 0 Å². The lowest BCUT2D eigenvalue weighted by Gasteiger charge is -2.02. The third-order valence-corrected chi connectivity index (χ3v) is 2.53. The number of hydrogen-bond acceptors (Lipinski definition) is 1. The van der Waals surface area contributed by atoms with Gasteiger partial charge in [0.05, 0.1) is 5.03 Å². The average molecular weight is 211 g/mol. The van der Waals surface area contributed by atoms with Crippen LogP contribution in [-0.4, -0.2) is 9.79 Å². The molecule has 0 saturated heterocycles. The van der Waals surface area contributed by atoms with Crippen LogP contribution in [0.4, 0.5) is 0 Å². The summed E-state index contributed by atoms with van der Waals surface area (Å²) >= 11 is 5.62. The maximum absolute atomic E-state index is 10.5. The molecule has 0 unspecified atom stereocenters. The van der Waals surface area contributed by atoms with E-state index < -0.39 is 7.60 Å². The van der Waals surface area contributed by atoms with Gasteiger partial charge in [0, 0.05) is 5.82 Å². The van der Waals surface area contributed by atoms with Gasteiger partial charge in [0.25, 0.3) is 0 Å². The van der Waals surface area contributed by atoms with Gasteiger partial charge < -0.3 is 9.79 Å². The van der Waals surface area contributed by atoms with Crippen molar-refractivity contribution in [2.24, 2.45) is 0 Å². The van der Waals surface area contributed by atoms with Gasteiger partial charge in [-0.2, -0.15) is 0 Å². The normalized spacial score (nSPS) is 13.0. The molecule has 0 rings (SSSR count). The minimum atomic E-state index is -4.14. The molecule has 0 aromatic rings. The molecule has 12 heavy (non-hydrogen) atoms. The van der Waals surface area contributed by atoms with Gasteiger partial charge in [-0.1, -0.05) is 17.2 Å². The fraction of sp³-hybridized carbons (Fsp3) is 0.429. The summed E-state index contributed by atoms with van der Waals surface area (Å²) in [5.74, 6) is 0.761. The van der Waals surface area contributed by atoms with E-state index in [9.17, 15) is 4.57 Å². The molecule has 0 aliphatic heterocycles. The molecule has 0 aromatic heterocycles. The Balaban J connectivity index is 4.86. The highest BCUT2D eigenvalue weighted by molar-refractivity contribution is 7.55. The summed E-state index contributed by atoms with van der Waals surface area (Å²) in [6.45, 7) is 5.36. The minimum Gasteiger partial charge on any atom is -0.321 e. The zero-order valence-electron chi connectivity index (χ0n) is 7.21. The van der Waals surface area contributed by atoms with Crippen LogP contribution in [0.15, 0.2) is 22.0 Å². The van der Waals surface area contributed by atoms with Crippen molar-refractivity contribution in [3.05, 3.63) is 22.0 Å². The maximum atomic E-state index is 10.5. The van der Waals surface area contributed by atoms with Gasteiger partial charge in [0.2, 0.25) is 0 Å². The third kappa shape index (κ3) is 4.73. The molecule has 0 saturated carbocycles. The fourth-order valence-corrected chi connectivity index (χ4v) is 1.54. The molecule has 0 fully saturated rings. The van der Waals surface area contributed by atoms with Gasteiger partial charge in [0.1, 0.15) is 0 Å². The highest BCUT2D eigenvalue weighted by atomic mass is 35.5. The Kier molecular flexibility index (Phi) is 4.21. The zero-order valence-corrected chi connectivity index (χ0v) is 8.86. The molecule has 0 aliphatic rings. The SMILES string of the molecule is CC(C)=C(C)/C(Cl)=C/P(=O)(O)O. The predicted octanol–water partition coefficient (Wildman–Crippen LogP) is 2.60. The van der Waals surface area contributed by atoms with Crippen molar-refractivity contribution < 1.29 is 14.4 Å². The molecule has 0 spiro atoms. The number of rotatable bonds is 2. The Morgan fingerprint density at radius 2 is 1.75 bits per heavy atom. The molecule has 3 nitrogen and oxygen atoms in total. The van der Waals surface area contributed by atoms with E-state index in [4.69, 9.17) is 21.4 Å². The first-order valence-electron chi connectivity index (χ1n) is 3.32. The topological polar surface area (TPSA) is 57.5 Å². The highest BCUT2D eigenvalue weighted by Crippen LogP contribution is 2.40. The van der Waals surface area contributed by atoms with Crippen molar-refractivity contribution in [3.63, 3.8) is 0 Å². The first-order valence-corrected chi connectivity index (χ1v) is 5.38. The van der Waals surface area contributed by atoms with E-state index in [0.717, 1.165) is 11.4 Å². The number of halogens is 1. The van der Waals surface area contributed by atoms with Gasteiger partial charge in [0.15, 0.2) is 0 Å². The van der Waals surface area contributed by atoms with Gasteiger partial charge in [-0.3, -0.25) is 4.57 Å². The van der Waals surface area contributed by atoms with Gasteiger partial charge in [-0.15, -0.1) is 0 Å². The monoisotopic (exact) mass is 210 g/mol. The molecule has 2 N–H and O–H groups in total. The zero-order chi connectivity index (χ0) is 9.94. The molecule has 70 valence electrons. The van der Waals surface area contributed by atoms with Crippen molar-refractivity contribution in [3.8, 4) is 0 Å².